The quantitative estimate of drug-likeness (QED) is 0.192. The van der Waals surface area contributed by atoms with Gasteiger partial charge in [0.2, 0.25) is 0 Å². The molecule has 5 rings (SSSR count). The number of nitro benzene ring substituents is 1. The summed E-state index contributed by atoms with van der Waals surface area (Å²) in [4.78, 5) is 17.5. The number of non-ortho nitro benzene ring substituents is 1. The monoisotopic (exact) mass is 533 g/mol. The van der Waals surface area contributed by atoms with E-state index in [4.69, 9.17) is 12.2 Å². The van der Waals surface area contributed by atoms with Crippen molar-refractivity contribution in [1.82, 2.24) is 14.9 Å². The molecule has 4 aromatic rings. The van der Waals surface area contributed by atoms with Gasteiger partial charge in [0.1, 0.15) is 6.04 Å². The van der Waals surface area contributed by atoms with Gasteiger partial charge in [0, 0.05) is 46.1 Å². The molecule has 170 valence electrons. The Hall–Kier alpha value is -3.56. The van der Waals surface area contributed by atoms with E-state index in [0.29, 0.717) is 5.11 Å². The first-order valence-electron chi connectivity index (χ1n) is 10.6. The van der Waals surface area contributed by atoms with Crippen LogP contribution < -0.4 is 10.2 Å². The summed E-state index contributed by atoms with van der Waals surface area (Å²) in [5, 5.41) is 15.2. The van der Waals surface area contributed by atoms with Crippen molar-refractivity contribution in [2.24, 2.45) is 0 Å². The van der Waals surface area contributed by atoms with Crippen molar-refractivity contribution >= 4 is 44.6 Å². The summed E-state index contributed by atoms with van der Waals surface area (Å²) in [5.41, 5.74) is 4.82. The molecule has 1 aliphatic heterocycles. The summed E-state index contributed by atoms with van der Waals surface area (Å²) in [5.74, 6) is 0. The number of benzene rings is 2. The number of nitro groups is 1. The van der Waals surface area contributed by atoms with Gasteiger partial charge in [-0.2, -0.15) is 0 Å². The first-order valence-corrected chi connectivity index (χ1v) is 11.8. The Morgan fingerprint density at radius 3 is 2.50 bits per heavy atom. The van der Waals surface area contributed by atoms with E-state index < -0.39 is 4.92 Å². The highest BCUT2D eigenvalue weighted by atomic mass is 79.9. The van der Waals surface area contributed by atoms with Gasteiger partial charge in [-0.25, -0.2) is 0 Å². The number of pyridine rings is 1. The first kappa shape index (κ1) is 22.2. The van der Waals surface area contributed by atoms with Gasteiger partial charge in [-0.3, -0.25) is 15.1 Å². The highest BCUT2D eigenvalue weighted by molar-refractivity contribution is 9.10. The van der Waals surface area contributed by atoms with Crippen molar-refractivity contribution in [3.63, 3.8) is 0 Å². The van der Waals surface area contributed by atoms with E-state index in [9.17, 15) is 10.1 Å². The number of hydrogen-bond acceptors (Lipinski definition) is 4. The van der Waals surface area contributed by atoms with Gasteiger partial charge in [-0.05, 0) is 79.3 Å². The second-order valence-electron chi connectivity index (χ2n) is 8.01. The van der Waals surface area contributed by atoms with Crippen LogP contribution in [0.5, 0.6) is 0 Å². The topological polar surface area (TPSA) is 76.2 Å². The standard InChI is InChI=1S/C25H20BrN5O2S/c1-16-15-19(11-12-20(16)26)30-24(23(28-25(30)34)21-5-2-3-13-27-21)22-6-4-14-29(22)17-7-9-18(10-8-17)31(32)33/h2-15,23-24H,1H3,(H,28,34)/t23-,24+/m1/s1. The molecule has 2 aromatic heterocycles. The van der Waals surface area contributed by atoms with Gasteiger partial charge in [0.25, 0.3) is 5.69 Å². The number of aromatic nitrogens is 2. The number of anilines is 1. The molecule has 9 heteroatoms. The maximum Gasteiger partial charge on any atom is 0.269 e. The average molecular weight is 534 g/mol. The number of nitrogens with one attached hydrogen (secondary N) is 1. The van der Waals surface area contributed by atoms with Crippen LogP contribution in [0.3, 0.4) is 0 Å². The molecule has 0 radical (unpaired) electrons. The summed E-state index contributed by atoms with van der Waals surface area (Å²) in [6.07, 6.45) is 3.73. The molecule has 0 saturated carbocycles. The molecule has 3 heterocycles. The van der Waals surface area contributed by atoms with Crippen molar-refractivity contribution in [3.8, 4) is 5.69 Å². The van der Waals surface area contributed by atoms with Gasteiger partial charge >= 0.3 is 0 Å². The van der Waals surface area contributed by atoms with Gasteiger partial charge in [-0.15, -0.1) is 0 Å². The molecule has 2 atom stereocenters. The summed E-state index contributed by atoms with van der Waals surface area (Å²) < 4.78 is 3.07. The van der Waals surface area contributed by atoms with Crippen molar-refractivity contribution in [1.29, 1.82) is 0 Å². The SMILES string of the molecule is Cc1cc(N2C(=S)N[C@H](c3ccccn3)[C@@H]2c2cccn2-c2ccc([N+](=O)[O-])cc2)ccc1Br. The minimum atomic E-state index is -0.394. The van der Waals surface area contributed by atoms with Gasteiger partial charge < -0.3 is 14.8 Å². The highest BCUT2D eigenvalue weighted by Gasteiger charge is 2.42. The predicted molar refractivity (Wildman–Crippen MR) is 139 cm³/mol. The smallest absolute Gasteiger partial charge is 0.269 e. The molecule has 1 aliphatic rings. The van der Waals surface area contributed by atoms with Crippen LogP contribution in [0.15, 0.2) is 89.7 Å². The molecule has 0 aliphatic carbocycles. The lowest BCUT2D eigenvalue weighted by atomic mass is 10.0. The molecule has 1 N–H and O–H groups in total. The zero-order valence-corrected chi connectivity index (χ0v) is 20.5. The Morgan fingerprint density at radius 1 is 1.06 bits per heavy atom. The van der Waals surface area contributed by atoms with E-state index in [0.717, 1.165) is 32.8 Å². The number of rotatable bonds is 5. The third-order valence-corrected chi connectivity index (χ3v) is 7.14. The number of nitrogens with zero attached hydrogens (tertiary/aromatic N) is 4. The van der Waals surface area contributed by atoms with Crippen LogP contribution in [0.1, 0.15) is 29.0 Å². The van der Waals surface area contributed by atoms with E-state index in [1.165, 1.54) is 12.1 Å². The van der Waals surface area contributed by atoms with Crippen LogP contribution in [0.25, 0.3) is 5.69 Å². The molecule has 34 heavy (non-hydrogen) atoms. The molecule has 0 unspecified atom stereocenters. The van der Waals surface area contributed by atoms with E-state index in [1.807, 2.05) is 54.1 Å². The zero-order valence-electron chi connectivity index (χ0n) is 18.1. The zero-order chi connectivity index (χ0) is 23.8. The summed E-state index contributed by atoms with van der Waals surface area (Å²) >= 11 is 9.41. The Labute approximate surface area is 210 Å². The lowest BCUT2D eigenvalue weighted by Crippen LogP contribution is -2.30. The Bertz CT molecular complexity index is 1370. The largest absolute Gasteiger partial charge is 0.351 e. The second-order valence-corrected chi connectivity index (χ2v) is 9.25. The van der Waals surface area contributed by atoms with Gasteiger partial charge in [0.05, 0.1) is 16.7 Å². The molecule has 0 bridgehead atoms. The average Bonchev–Trinajstić information content (AvgIpc) is 3.46. The Balaban J connectivity index is 1.65. The maximum atomic E-state index is 11.1. The van der Waals surface area contributed by atoms with Crippen LogP contribution in [-0.2, 0) is 0 Å². The van der Waals surface area contributed by atoms with Crippen LogP contribution in [0, 0.1) is 17.0 Å². The second kappa shape index (κ2) is 9.00. The van der Waals surface area contributed by atoms with Crippen LogP contribution in [0.4, 0.5) is 11.4 Å². The van der Waals surface area contributed by atoms with Gasteiger partial charge in [0.15, 0.2) is 5.11 Å². The molecule has 7 nitrogen and oxygen atoms in total. The summed E-state index contributed by atoms with van der Waals surface area (Å²) in [6, 6.07) is 22.2. The van der Waals surface area contributed by atoms with Crippen LogP contribution >= 0.6 is 28.1 Å². The Morgan fingerprint density at radius 2 is 1.82 bits per heavy atom. The number of hydrogen-bond donors (Lipinski definition) is 1. The van der Waals surface area contributed by atoms with Crippen LogP contribution in [0.2, 0.25) is 0 Å². The van der Waals surface area contributed by atoms with E-state index in [-0.39, 0.29) is 17.8 Å². The van der Waals surface area contributed by atoms with Crippen molar-refractivity contribution in [2.75, 3.05) is 4.90 Å². The maximum absolute atomic E-state index is 11.1. The minimum Gasteiger partial charge on any atom is -0.351 e. The lowest BCUT2D eigenvalue weighted by Gasteiger charge is -2.29. The molecule has 1 saturated heterocycles. The minimum absolute atomic E-state index is 0.0551. The van der Waals surface area contributed by atoms with E-state index in [1.54, 1.807) is 18.3 Å². The molecular formula is C25H20BrN5O2S. The number of halogens is 1. The van der Waals surface area contributed by atoms with E-state index >= 15 is 0 Å². The van der Waals surface area contributed by atoms with Crippen molar-refractivity contribution in [3.05, 3.63) is 117 Å². The number of aryl methyl sites for hydroxylation is 1. The molecule has 1 fully saturated rings. The van der Waals surface area contributed by atoms with Crippen LogP contribution in [-0.4, -0.2) is 19.6 Å². The fraction of sp³-hybridized carbons (Fsp3) is 0.120. The van der Waals surface area contributed by atoms with Crippen molar-refractivity contribution in [2.45, 2.75) is 19.0 Å². The highest BCUT2D eigenvalue weighted by Crippen LogP contribution is 2.42. The van der Waals surface area contributed by atoms with Crippen molar-refractivity contribution < 1.29 is 4.92 Å². The predicted octanol–water partition coefficient (Wildman–Crippen LogP) is 6.03. The van der Waals surface area contributed by atoms with E-state index in [2.05, 4.69) is 43.3 Å². The normalized spacial score (nSPS) is 17.6. The molecular weight excluding hydrogens is 514 g/mol. The fourth-order valence-electron chi connectivity index (χ4n) is 4.32. The Kier molecular flexibility index (Phi) is 5.89. The number of thiocarbonyl (C=S) groups is 1. The summed E-state index contributed by atoms with van der Waals surface area (Å²) in [6.45, 7) is 2.05. The molecule has 0 spiro atoms. The third kappa shape index (κ3) is 3.97. The first-order chi connectivity index (χ1) is 16.4. The molecule has 2 aromatic carbocycles. The third-order valence-electron chi connectivity index (χ3n) is 5.94. The molecule has 0 amide bonds. The fourth-order valence-corrected chi connectivity index (χ4v) is 4.91. The summed E-state index contributed by atoms with van der Waals surface area (Å²) in [7, 11) is 0. The van der Waals surface area contributed by atoms with Gasteiger partial charge in [-0.1, -0.05) is 22.0 Å². The lowest BCUT2D eigenvalue weighted by molar-refractivity contribution is -0.384.